The van der Waals surface area contributed by atoms with E-state index in [-0.39, 0.29) is 34.0 Å². The molecule has 44 heavy (non-hydrogen) atoms. The van der Waals surface area contributed by atoms with Gasteiger partial charge in [0.05, 0.1) is 32.0 Å². The van der Waals surface area contributed by atoms with Crippen molar-refractivity contribution < 1.29 is 42.2 Å². The summed E-state index contributed by atoms with van der Waals surface area (Å²) < 4.78 is 38.7. The van der Waals surface area contributed by atoms with Gasteiger partial charge in [0.1, 0.15) is 12.2 Å². The minimum Gasteiger partial charge on any atom is -0.465 e. The summed E-state index contributed by atoms with van der Waals surface area (Å²) in [5, 5.41) is 13.5. The Labute approximate surface area is 271 Å². The largest absolute Gasteiger partial charge is 0.465 e. The van der Waals surface area contributed by atoms with E-state index in [0.717, 1.165) is 0 Å². The molecule has 10 nitrogen and oxygen atoms in total. The topological polar surface area (TPSA) is 122 Å². The van der Waals surface area contributed by atoms with E-state index < -0.39 is 67.2 Å². The molecule has 0 radical (unpaired) electrons. The smallest absolute Gasteiger partial charge is 0.366 e. The second kappa shape index (κ2) is 14.2. The van der Waals surface area contributed by atoms with Crippen LogP contribution in [-0.4, -0.2) is 99.0 Å². The molecule has 0 aliphatic carbocycles. The van der Waals surface area contributed by atoms with E-state index in [4.69, 9.17) is 27.5 Å². The molecule has 1 fully saturated rings. The summed E-state index contributed by atoms with van der Waals surface area (Å²) in [5.74, 6) is -2.84. The van der Waals surface area contributed by atoms with E-state index in [1.807, 2.05) is 0 Å². The minimum atomic E-state index is -2.57. The van der Waals surface area contributed by atoms with Crippen molar-refractivity contribution in [3.8, 4) is 0 Å². The fourth-order valence-electron chi connectivity index (χ4n) is 4.43. The number of aliphatic hydroxyl groups is 1. The molecule has 1 saturated heterocycles. The lowest BCUT2D eigenvalue weighted by Crippen LogP contribution is -2.71. The van der Waals surface area contributed by atoms with Gasteiger partial charge in [0, 0.05) is 20.5 Å². The highest BCUT2D eigenvalue weighted by Crippen LogP contribution is 2.45. The van der Waals surface area contributed by atoms with E-state index in [1.165, 1.54) is 21.1 Å². The van der Waals surface area contributed by atoms with Crippen LogP contribution in [0, 0.1) is 0 Å². The third kappa shape index (κ3) is 9.46. The molecule has 2 N–H and O–H groups in total. The number of aliphatic hydroxyl groups excluding tert-OH is 1. The molecule has 1 heterocycles. The molecule has 0 aromatic heterocycles. The quantitative estimate of drug-likeness (QED) is 0.190. The fraction of sp³-hybridized carbons (Fsp3) is 0.935. The average Bonchev–Trinajstić information content (AvgIpc) is 2.84. The number of hydrogen-bond acceptors (Lipinski definition) is 9. The Morgan fingerprint density at radius 2 is 1.32 bits per heavy atom. The maximum Gasteiger partial charge on any atom is 0.366 e. The second-order valence-electron chi connectivity index (χ2n) is 16.8. The first-order valence-electron chi connectivity index (χ1n) is 15.8. The van der Waals surface area contributed by atoms with Crippen LogP contribution in [0.15, 0.2) is 0 Å². The van der Waals surface area contributed by atoms with Crippen LogP contribution >= 0.6 is 0 Å². The van der Waals surface area contributed by atoms with Gasteiger partial charge >= 0.3 is 5.97 Å². The van der Waals surface area contributed by atoms with Gasteiger partial charge in [-0.3, -0.25) is 4.79 Å². The molecule has 260 valence electrons. The lowest BCUT2D eigenvalue weighted by molar-refractivity contribution is -0.302. The van der Waals surface area contributed by atoms with Crippen molar-refractivity contribution in [2.24, 2.45) is 0 Å². The van der Waals surface area contributed by atoms with Gasteiger partial charge in [0.25, 0.3) is 5.79 Å². The van der Waals surface area contributed by atoms with Gasteiger partial charge in [-0.1, -0.05) is 62.3 Å². The predicted molar refractivity (Wildman–Crippen MR) is 182 cm³/mol. The Hall–Kier alpha value is -0.649. The predicted octanol–water partition coefficient (Wildman–Crippen LogP) is 5.96. The van der Waals surface area contributed by atoms with Crippen LogP contribution in [-0.2, 0) is 37.1 Å². The third-order valence-electron chi connectivity index (χ3n) is 10.4. The van der Waals surface area contributed by atoms with Crippen molar-refractivity contribution >= 4 is 36.8 Å². The Balaban J connectivity index is 4.09. The molecule has 0 aromatic carbocycles. The van der Waals surface area contributed by atoms with Gasteiger partial charge in [-0.15, -0.1) is 0 Å². The third-order valence-corrected chi connectivity index (χ3v) is 23.8. The Bertz CT molecular complexity index is 985. The molecule has 1 aliphatic rings. The van der Waals surface area contributed by atoms with Crippen LogP contribution < -0.4 is 5.32 Å². The molecule has 1 aliphatic heterocycles. The van der Waals surface area contributed by atoms with Crippen LogP contribution in [0.25, 0.3) is 0 Å². The fourth-order valence-corrected chi connectivity index (χ4v) is 8.41. The number of amides is 1. The lowest BCUT2D eigenvalue weighted by Gasteiger charge is -2.54. The first-order valence-corrected chi connectivity index (χ1v) is 24.5. The Morgan fingerprint density at radius 3 is 1.68 bits per heavy atom. The van der Waals surface area contributed by atoms with Crippen molar-refractivity contribution in [1.29, 1.82) is 0 Å². The summed E-state index contributed by atoms with van der Waals surface area (Å²) in [6.07, 6.45) is -3.43. The summed E-state index contributed by atoms with van der Waals surface area (Å²) in [7, 11) is -4.81. The molecule has 0 saturated carbocycles. The standard InChI is InChI=1S/C31H65NO9Si3/c1-21(34)32-24-22(39-42(13,14)28(2,3)4)19-31(37-12,27(35)36-11)38-26(24)25(41-44(17,18)30(8,9)10)23(20-33)40-43(15,16)29(5,6)7/h22-26,33H,19-20H2,1-18H3,(H,32,34)/t22-,23+,24+,25+,26+,31-/m0/s1. The lowest BCUT2D eigenvalue weighted by atomic mass is 9.88. The highest BCUT2D eigenvalue weighted by molar-refractivity contribution is 6.75. The molecule has 0 unspecified atom stereocenters. The zero-order valence-corrected chi connectivity index (χ0v) is 34.0. The van der Waals surface area contributed by atoms with Crippen LogP contribution in [0.1, 0.15) is 75.7 Å². The van der Waals surface area contributed by atoms with Gasteiger partial charge in [0.15, 0.2) is 25.0 Å². The van der Waals surface area contributed by atoms with E-state index >= 15 is 0 Å². The monoisotopic (exact) mass is 679 g/mol. The molecule has 0 aromatic rings. The van der Waals surface area contributed by atoms with Crippen molar-refractivity contribution in [2.45, 2.75) is 166 Å². The number of nitrogens with one attached hydrogen (secondary N) is 1. The van der Waals surface area contributed by atoms with Crippen molar-refractivity contribution in [1.82, 2.24) is 5.32 Å². The second-order valence-corrected chi connectivity index (χ2v) is 31.1. The van der Waals surface area contributed by atoms with Crippen molar-refractivity contribution in [3.05, 3.63) is 0 Å². The number of rotatable bonds is 12. The Kier molecular flexibility index (Phi) is 13.4. The SMILES string of the molecule is COC(=O)[C@]1(OC)C[C@H](O[Si](C)(C)C(C)(C)C)[C@@H](NC(C)=O)[C@H]([C@H](O[Si](C)(C)C(C)(C)C)[C@@H](CO)O[Si](C)(C)C(C)(C)C)O1. The maximum absolute atomic E-state index is 13.5. The molecule has 0 spiro atoms. The minimum absolute atomic E-state index is 0.0101. The number of carbonyl (C=O) groups excluding carboxylic acids is 2. The molecule has 1 amide bonds. The molecular weight excluding hydrogens is 615 g/mol. The number of methoxy groups -OCH3 is 2. The van der Waals surface area contributed by atoms with Gasteiger partial charge in [-0.05, 0) is 54.4 Å². The van der Waals surface area contributed by atoms with Gasteiger partial charge in [0.2, 0.25) is 5.91 Å². The molecule has 13 heteroatoms. The van der Waals surface area contributed by atoms with Gasteiger partial charge < -0.3 is 37.9 Å². The van der Waals surface area contributed by atoms with Gasteiger partial charge in [-0.2, -0.15) is 0 Å². The van der Waals surface area contributed by atoms with Crippen LogP contribution in [0.5, 0.6) is 0 Å². The summed E-state index contributed by atoms with van der Waals surface area (Å²) in [5.41, 5.74) is 0. The normalized spacial score (nSPS) is 25.8. The van der Waals surface area contributed by atoms with Crippen molar-refractivity contribution in [2.75, 3.05) is 20.8 Å². The Morgan fingerprint density at radius 1 is 0.864 bits per heavy atom. The van der Waals surface area contributed by atoms with Crippen molar-refractivity contribution in [3.63, 3.8) is 0 Å². The number of carbonyl (C=O) groups is 2. The number of ether oxygens (including phenoxy) is 3. The number of hydrogen-bond donors (Lipinski definition) is 2. The van der Waals surface area contributed by atoms with E-state index in [1.54, 1.807) is 0 Å². The highest BCUT2D eigenvalue weighted by atomic mass is 28.4. The highest BCUT2D eigenvalue weighted by Gasteiger charge is 2.60. The van der Waals surface area contributed by atoms with E-state index in [2.05, 4.69) is 107 Å². The average molecular weight is 680 g/mol. The summed E-state index contributed by atoms with van der Waals surface area (Å²) in [6.45, 7) is 33.0. The zero-order chi connectivity index (χ0) is 34.9. The zero-order valence-electron chi connectivity index (χ0n) is 31.0. The van der Waals surface area contributed by atoms with Crippen LogP contribution in [0.4, 0.5) is 0 Å². The van der Waals surface area contributed by atoms with E-state index in [9.17, 15) is 14.7 Å². The molecule has 1 rings (SSSR count). The first-order chi connectivity index (χ1) is 19.5. The molecule has 0 bridgehead atoms. The van der Waals surface area contributed by atoms with Crippen LogP contribution in [0.3, 0.4) is 0 Å². The summed E-state index contributed by atoms with van der Waals surface area (Å²) >= 11 is 0. The van der Waals surface area contributed by atoms with Gasteiger partial charge in [-0.25, -0.2) is 4.79 Å². The van der Waals surface area contributed by atoms with Crippen LogP contribution in [0.2, 0.25) is 54.4 Å². The summed E-state index contributed by atoms with van der Waals surface area (Å²) in [6, 6.07) is -0.749. The maximum atomic E-state index is 13.5. The summed E-state index contributed by atoms with van der Waals surface area (Å²) in [4.78, 5) is 26.3. The first kappa shape index (κ1) is 41.4. The molecule has 6 atom stereocenters. The number of esters is 1. The van der Waals surface area contributed by atoms with E-state index in [0.29, 0.717) is 0 Å². The molecular formula is C31H65NO9Si3.